The van der Waals surface area contributed by atoms with Gasteiger partial charge in [0, 0.05) is 23.4 Å². The van der Waals surface area contributed by atoms with Crippen LogP contribution in [0.15, 0.2) is 41.8 Å². The van der Waals surface area contributed by atoms with Crippen molar-refractivity contribution in [3.05, 3.63) is 57.8 Å². The third-order valence-corrected chi connectivity index (χ3v) is 6.08. The van der Waals surface area contributed by atoms with Crippen LogP contribution in [0.2, 0.25) is 0 Å². The van der Waals surface area contributed by atoms with Gasteiger partial charge in [-0.3, -0.25) is 9.59 Å². The van der Waals surface area contributed by atoms with Crippen LogP contribution in [-0.2, 0) is 22.7 Å². The van der Waals surface area contributed by atoms with Gasteiger partial charge in [-0.15, -0.1) is 11.3 Å². The average Bonchev–Trinajstić information content (AvgIpc) is 3.09. The number of aryl methyl sites for hydroxylation is 1. The second-order valence-electron chi connectivity index (χ2n) is 7.64. The van der Waals surface area contributed by atoms with Crippen LogP contribution < -0.4 is 0 Å². The summed E-state index contributed by atoms with van der Waals surface area (Å²) in [5.74, 6) is -0.0930. The number of hydrogen-bond donors (Lipinski definition) is 0. The van der Waals surface area contributed by atoms with Gasteiger partial charge in [-0.2, -0.15) is 0 Å². The van der Waals surface area contributed by atoms with E-state index in [1.54, 1.807) is 16.2 Å². The van der Waals surface area contributed by atoms with Crippen molar-refractivity contribution in [3.8, 4) is 0 Å². The average molecular weight is 401 g/mol. The van der Waals surface area contributed by atoms with Gasteiger partial charge in [0.1, 0.15) is 6.54 Å². The van der Waals surface area contributed by atoms with Gasteiger partial charge in [0.15, 0.2) is 0 Å². The molecule has 0 aliphatic carbocycles. The normalized spacial score (nSPS) is 12.1. The molecular formula is C23H32N2O2S. The Morgan fingerprint density at radius 3 is 2.25 bits per heavy atom. The highest BCUT2D eigenvalue weighted by molar-refractivity contribution is 7.10. The standard InChI is InChI=1S/C23H32N2O2S/c1-6-19(5)25(23(27)17(2)3)16-22(26)24(14-20-10-8-7-9-11-20)15-21-18(4)12-13-28-21/h7-13,17,19H,6,14-16H2,1-5H3/t19-/m0/s1. The SMILES string of the molecule is CC[C@H](C)N(CC(=O)N(Cc1ccccc1)Cc1sccc1C)C(=O)C(C)C. The lowest BCUT2D eigenvalue weighted by molar-refractivity contribution is -0.144. The van der Waals surface area contributed by atoms with E-state index in [1.165, 1.54) is 10.4 Å². The third kappa shape index (κ3) is 5.93. The lowest BCUT2D eigenvalue weighted by atomic mass is 10.1. The van der Waals surface area contributed by atoms with Crippen LogP contribution in [0.4, 0.5) is 0 Å². The van der Waals surface area contributed by atoms with Crippen LogP contribution in [0.25, 0.3) is 0 Å². The van der Waals surface area contributed by atoms with Gasteiger partial charge in [0.2, 0.25) is 11.8 Å². The van der Waals surface area contributed by atoms with Crippen molar-refractivity contribution in [2.75, 3.05) is 6.54 Å². The molecule has 0 radical (unpaired) electrons. The van der Waals surface area contributed by atoms with Crippen molar-refractivity contribution in [2.24, 2.45) is 5.92 Å². The third-order valence-electron chi connectivity index (χ3n) is 5.08. The van der Waals surface area contributed by atoms with Crippen LogP contribution in [0.3, 0.4) is 0 Å². The molecule has 28 heavy (non-hydrogen) atoms. The first-order valence-corrected chi connectivity index (χ1v) is 10.9. The van der Waals surface area contributed by atoms with Gasteiger partial charge in [0.05, 0.1) is 6.54 Å². The molecule has 0 unspecified atom stereocenters. The van der Waals surface area contributed by atoms with Gasteiger partial charge < -0.3 is 9.80 Å². The minimum Gasteiger partial charge on any atom is -0.332 e. The molecule has 0 spiro atoms. The summed E-state index contributed by atoms with van der Waals surface area (Å²) in [4.78, 5) is 30.8. The molecule has 1 aromatic carbocycles. The van der Waals surface area contributed by atoms with Gasteiger partial charge in [0.25, 0.3) is 0 Å². The van der Waals surface area contributed by atoms with Crippen LogP contribution in [0.5, 0.6) is 0 Å². The zero-order chi connectivity index (χ0) is 20.7. The van der Waals surface area contributed by atoms with E-state index in [0.29, 0.717) is 13.1 Å². The molecule has 0 aliphatic rings. The molecule has 1 aromatic heterocycles. The van der Waals surface area contributed by atoms with Gasteiger partial charge in [-0.1, -0.05) is 51.1 Å². The second kappa shape index (κ2) is 10.4. The number of carbonyl (C=O) groups is 2. The minimum absolute atomic E-state index is 0.00838. The molecule has 1 heterocycles. The highest BCUT2D eigenvalue weighted by Crippen LogP contribution is 2.20. The lowest BCUT2D eigenvalue weighted by Crippen LogP contribution is -2.47. The highest BCUT2D eigenvalue weighted by Gasteiger charge is 2.26. The molecule has 2 amide bonds. The molecular weight excluding hydrogens is 368 g/mol. The molecule has 0 saturated heterocycles. The summed E-state index contributed by atoms with van der Waals surface area (Å²) < 4.78 is 0. The number of carbonyl (C=O) groups excluding carboxylic acids is 2. The van der Waals surface area contributed by atoms with Gasteiger partial charge >= 0.3 is 0 Å². The van der Waals surface area contributed by atoms with E-state index in [9.17, 15) is 9.59 Å². The molecule has 4 nitrogen and oxygen atoms in total. The first-order valence-electron chi connectivity index (χ1n) is 9.98. The molecule has 2 rings (SSSR count). The van der Waals surface area contributed by atoms with E-state index < -0.39 is 0 Å². The number of nitrogens with zero attached hydrogens (tertiary/aromatic N) is 2. The monoisotopic (exact) mass is 400 g/mol. The fourth-order valence-electron chi connectivity index (χ4n) is 3.02. The largest absolute Gasteiger partial charge is 0.332 e. The topological polar surface area (TPSA) is 40.6 Å². The van der Waals surface area contributed by atoms with E-state index >= 15 is 0 Å². The summed E-state index contributed by atoms with van der Waals surface area (Å²) in [7, 11) is 0. The number of thiophene rings is 1. The van der Waals surface area contributed by atoms with Crippen molar-refractivity contribution in [1.29, 1.82) is 0 Å². The van der Waals surface area contributed by atoms with Crippen LogP contribution >= 0.6 is 11.3 Å². The number of rotatable bonds is 9. The number of benzene rings is 1. The summed E-state index contributed by atoms with van der Waals surface area (Å²) in [6.45, 7) is 11.2. The van der Waals surface area contributed by atoms with Gasteiger partial charge in [-0.05, 0) is 42.8 Å². The Balaban J connectivity index is 2.23. The summed E-state index contributed by atoms with van der Waals surface area (Å²) in [6, 6.07) is 12.1. The Morgan fingerprint density at radius 1 is 1.04 bits per heavy atom. The Bertz CT molecular complexity index is 770. The molecule has 0 fully saturated rings. The first-order chi connectivity index (χ1) is 13.3. The number of amides is 2. The fourth-order valence-corrected chi connectivity index (χ4v) is 3.94. The minimum atomic E-state index is -0.121. The maximum atomic E-state index is 13.3. The summed E-state index contributed by atoms with van der Waals surface area (Å²) in [6.07, 6.45) is 0.828. The van der Waals surface area contributed by atoms with E-state index in [1.807, 2.05) is 62.9 Å². The molecule has 152 valence electrons. The number of hydrogen-bond acceptors (Lipinski definition) is 3. The Kier molecular flexibility index (Phi) is 8.24. The van der Waals surface area contributed by atoms with Gasteiger partial charge in [-0.25, -0.2) is 0 Å². The van der Waals surface area contributed by atoms with Crippen molar-refractivity contribution in [2.45, 2.75) is 60.2 Å². The van der Waals surface area contributed by atoms with Crippen molar-refractivity contribution in [3.63, 3.8) is 0 Å². The molecule has 0 saturated carbocycles. The quantitative estimate of drug-likeness (QED) is 0.603. The lowest BCUT2D eigenvalue weighted by Gasteiger charge is -2.32. The van der Waals surface area contributed by atoms with E-state index in [2.05, 4.69) is 18.4 Å². The summed E-state index contributed by atoms with van der Waals surface area (Å²) in [5, 5.41) is 2.06. The molecule has 5 heteroatoms. The smallest absolute Gasteiger partial charge is 0.242 e. The summed E-state index contributed by atoms with van der Waals surface area (Å²) >= 11 is 1.67. The van der Waals surface area contributed by atoms with E-state index in [4.69, 9.17) is 0 Å². The molecule has 1 atom stereocenters. The zero-order valence-electron chi connectivity index (χ0n) is 17.6. The van der Waals surface area contributed by atoms with Crippen molar-refractivity contribution < 1.29 is 9.59 Å². The first kappa shape index (κ1) is 22.2. The Labute approximate surface area is 173 Å². The molecule has 0 aliphatic heterocycles. The van der Waals surface area contributed by atoms with Crippen molar-refractivity contribution in [1.82, 2.24) is 9.80 Å². The van der Waals surface area contributed by atoms with Crippen LogP contribution in [0.1, 0.15) is 50.1 Å². The Morgan fingerprint density at radius 2 is 1.71 bits per heavy atom. The summed E-state index contributed by atoms with van der Waals surface area (Å²) in [5.41, 5.74) is 2.29. The van der Waals surface area contributed by atoms with E-state index in [0.717, 1.165) is 12.0 Å². The maximum Gasteiger partial charge on any atom is 0.242 e. The molecule has 0 N–H and O–H groups in total. The zero-order valence-corrected chi connectivity index (χ0v) is 18.5. The van der Waals surface area contributed by atoms with Crippen LogP contribution in [0, 0.1) is 12.8 Å². The highest BCUT2D eigenvalue weighted by atomic mass is 32.1. The van der Waals surface area contributed by atoms with E-state index in [-0.39, 0.29) is 30.3 Å². The molecule has 2 aromatic rings. The second-order valence-corrected chi connectivity index (χ2v) is 8.64. The predicted molar refractivity (Wildman–Crippen MR) is 116 cm³/mol. The maximum absolute atomic E-state index is 13.3. The Hall–Kier alpha value is -2.14. The van der Waals surface area contributed by atoms with Crippen molar-refractivity contribution >= 4 is 23.2 Å². The van der Waals surface area contributed by atoms with Crippen LogP contribution in [-0.4, -0.2) is 34.2 Å². The molecule has 0 bridgehead atoms. The fraction of sp³-hybridized carbons (Fsp3) is 0.478. The predicted octanol–water partition coefficient (Wildman–Crippen LogP) is 4.87.